The maximum atomic E-state index is 12.7. The molecule has 2 aromatic rings. The first-order chi connectivity index (χ1) is 14.2. The summed E-state index contributed by atoms with van der Waals surface area (Å²) in [5, 5.41) is 5.53. The number of carbonyl (C=O) groups is 3. The Kier molecular flexibility index (Phi) is 6.80. The lowest BCUT2D eigenvalue weighted by atomic mass is 10.0. The number of amides is 3. The van der Waals surface area contributed by atoms with Gasteiger partial charge in [-0.25, -0.2) is 0 Å². The standard InChI is InChI=1S/C21H24ClN3O4S/c1-13-12-14(4-5-15(13)19(27)25-8-10-29-11-9-25)23-20(28)21(2,3)24-18(26)16-6-7-17(22)30-16/h4-7,12H,8-11H2,1-3H3,(H,23,28)(H,24,26). The minimum absolute atomic E-state index is 0.0455. The number of hydrogen-bond acceptors (Lipinski definition) is 5. The molecular weight excluding hydrogens is 426 g/mol. The summed E-state index contributed by atoms with van der Waals surface area (Å²) < 4.78 is 5.79. The highest BCUT2D eigenvalue weighted by Gasteiger charge is 2.30. The Labute approximate surface area is 184 Å². The molecule has 0 radical (unpaired) electrons. The van der Waals surface area contributed by atoms with E-state index in [1.54, 1.807) is 49.1 Å². The third-order valence-electron chi connectivity index (χ3n) is 4.80. The van der Waals surface area contributed by atoms with E-state index in [-0.39, 0.29) is 17.7 Å². The molecule has 1 aliphatic heterocycles. The summed E-state index contributed by atoms with van der Waals surface area (Å²) in [6, 6.07) is 8.40. The molecule has 9 heteroatoms. The number of hydrogen-bond donors (Lipinski definition) is 2. The van der Waals surface area contributed by atoms with E-state index in [2.05, 4.69) is 10.6 Å². The highest BCUT2D eigenvalue weighted by atomic mass is 35.5. The van der Waals surface area contributed by atoms with Crippen molar-refractivity contribution in [3.8, 4) is 0 Å². The van der Waals surface area contributed by atoms with E-state index in [0.717, 1.165) is 16.9 Å². The van der Waals surface area contributed by atoms with Gasteiger partial charge < -0.3 is 20.3 Å². The molecule has 1 saturated heterocycles. The van der Waals surface area contributed by atoms with Crippen molar-refractivity contribution in [1.29, 1.82) is 0 Å². The van der Waals surface area contributed by atoms with E-state index < -0.39 is 5.54 Å². The summed E-state index contributed by atoms with van der Waals surface area (Å²) >= 11 is 7.02. The number of ether oxygens (including phenoxy) is 1. The second kappa shape index (κ2) is 9.16. The summed E-state index contributed by atoms with van der Waals surface area (Å²) in [4.78, 5) is 40.0. The monoisotopic (exact) mass is 449 g/mol. The van der Waals surface area contributed by atoms with Gasteiger partial charge in [0.25, 0.3) is 11.8 Å². The summed E-state index contributed by atoms with van der Waals surface area (Å²) in [5.41, 5.74) is 0.762. The zero-order chi connectivity index (χ0) is 21.9. The number of aryl methyl sites for hydroxylation is 1. The van der Waals surface area contributed by atoms with Crippen molar-refractivity contribution in [2.24, 2.45) is 0 Å². The van der Waals surface area contributed by atoms with Crippen LogP contribution in [0.25, 0.3) is 0 Å². The number of carbonyl (C=O) groups excluding carboxylic acids is 3. The molecule has 0 aliphatic carbocycles. The van der Waals surface area contributed by atoms with Crippen LogP contribution in [-0.4, -0.2) is 54.5 Å². The van der Waals surface area contributed by atoms with Gasteiger partial charge in [-0.2, -0.15) is 0 Å². The molecule has 1 aliphatic rings. The average molecular weight is 450 g/mol. The van der Waals surface area contributed by atoms with E-state index in [4.69, 9.17) is 16.3 Å². The number of morpholine rings is 1. The van der Waals surface area contributed by atoms with Crippen LogP contribution >= 0.6 is 22.9 Å². The van der Waals surface area contributed by atoms with Crippen LogP contribution in [0.3, 0.4) is 0 Å². The van der Waals surface area contributed by atoms with Crippen LogP contribution in [0.2, 0.25) is 4.34 Å². The molecule has 0 bridgehead atoms. The van der Waals surface area contributed by atoms with E-state index in [1.165, 1.54) is 0 Å². The van der Waals surface area contributed by atoms with Gasteiger partial charge in [0.1, 0.15) is 5.54 Å². The maximum Gasteiger partial charge on any atom is 0.262 e. The average Bonchev–Trinajstić information content (AvgIpc) is 3.14. The van der Waals surface area contributed by atoms with Crippen LogP contribution in [0.5, 0.6) is 0 Å². The Bertz CT molecular complexity index is 967. The van der Waals surface area contributed by atoms with Gasteiger partial charge in [0, 0.05) is 24.3 Å². The first kappa shape index (κ1) is 22.3. The van der Waals surface area contributed by atoms with Crippen LogP contribution in [0.15, 0.2) is 30.3 Å². The Morgan fingerprint density at radius 1 is 1.13 bits per heavy atom. The predicted octanol–water partition coefficient (Wildman–Crippen LogP) is 3.33. The lowest BCUT2D eigenvalue weighted by Crippen LogP contribution is -2.52. The fraction of sp³-hybridized carbons (Fsp3) is 0.381. The number of halogens is 1. The highest BCUT2D eigenvalue weighted by molar-refractivity contribution is 7.18. The third kappa shape index (κ3) is 5.19. The lowest BCUT2D eigenvalue weighted by molar-refractivity contribution is -0.120. The summed E-state index contributed by atoms with van der Waals surface area (Å²) in [7, 11) is 0. The largest absolute Gasteiger partial charge is 0.378 e. The molecule has 0 spiro atoms. The van der Waals surface area contributed by atoms with Crippen LogP contribution in [0.4, 0.5) is 5.69 Å². The van der Waals surface area contributed by atoms with Gasteiger partial charge in [-0.05, 0) is 56.7 Å². The Morgan fingerprint density at radius 3 is 2.43 bits per heavy atom. The second-order valence-corrected chi connectivity index (χ2v) is 9.29. The summed E-state index contributed by atoms with van der Waals surface area (Å²) in [5.74, 6) is -0.782. The maximum absolute atomic E-state index is 12.7. The van der Waals surface area contributed by atoms with Crippen LogP contribution in [0.1, 0.15) is 39.4 Å². The van der Waals surface area contributed by atoms with Gasteiger partial charge in [0.05, 0.1) is 22.4 Å². The number of anilines is 1. The SMILES string of the molecule is Cc1cc(NC(=O)C(C)(C)NC(=O)c2ccc(Cl)s2)ccc1C(=O)N1CCOCC1. The molecule has 3 rings (SSSR count). The molecule has 3 amide bonds. The van der Waals surface area contributed by atoms with Crippen LogP contribution in [0, 0.1) is 6.92 Å². The number of thiophene rings is 1. The molecule has 0 atom stereocenters. The Hall–Kier alpha value is -2.42. The van der Waals surface area contributed by atoms with E-state index in [1.807, 2.05) is 6.92 Å². The second-order valence-electron chi connectivity index (χ2n) is 7.57. The van der Waals surface area contributed by atoms with Crippen molar-refractivity contribution in [1.82, 2.24) is 10.2 Å². The third-order valence-corrected chi connectivity index (χ3v) is 6.03. The van der Waals surface area contributed by atoms with Crippen molar-refractivity contribution >= 4 is 46.3 Å². The van der Waals surface area contributed by atoms with Gasteiger partial charge >= 0.3 is 0 Å². The molecule has 7 nitrogen and oxygen atoms in total. The molecule has 0 saturated carbocycles. The lowest BCUT2D eigenvalue weighted by Gasteiger charge is -2.27. The number of nitrogens with one attached hydrogen (secondary N) is 2. The molecule has 1 aromatic carbocycles. The van der Waals surface area contributed by atoms with Gasteiger partial charge in [-0.15, -0.1) is 11.3 Å². The van der Waals surface area contributed by atoms with Gasteiger partial charge in [-0.1, -0.05) is 11.6 Å². The predicted molar refractivity (Wildman–Crippen MR) is 117 cm³/mol. The minimum atomic E-state index is -1.15. The highest BCUT2D eigenvalue weighted by Crippen LogP contribution is 2.23. The number of nitrogens with zero attached hydrogens (tertiary/aromatic N) is 1. The molecule has 30 heavy (non-hydrogen) atoms. The summed E-state index contributed by atoms with van der Waals surface area (Å²) in [6.07, 6.45) is 0. The van der Waals surface area contributed by atoms with Crippen molar-refractivity contribution in [3.63, 3.8) is 0 Å². The minimum Gasteiger partial charge on any atom is -0.378 e. The van der Waals surface area contributed by atoms with Gasteiger partial charge in [-0.3, -0.25) is 14.4 Å². The van der Waals surface area contributed by atoms with Crippen LogP contribution in [-0.2, 0) is 9.53 Å². The molecule has 1 fully saturated rings. The number of benzene rings is 1. The zero-order valence-electron chi connectivity index (χ0n) is 17.1. The normalized spacial score (nSPS) is 14.3. The van der Waals surface area contributed by atoms with E-state index in [9.17, 15) is 14.4 Å². The Morgan fingerprint density at radius 2 is 1.83 bits per heavy atom. The topological polar surface area (TPSA) is 87.7 Å². The molecule has 1 aromatic heterocycles. The van der Waals surface area contributed by atoms with E-state index in [0.29, 0.717) is 46.8 Å². The van der Waals surface area contributed by atoms with Crippen molar-refractivity contribution in [3.05, 3.63) is 50.7 Å². The first-order valence-electron chi connectivity index (χ1n) is 9.54. The number of rotatable bonds is 5. The van der Waals surface area contributed by atoms with Crippen molar-refractivity contribution in [2.45, 2.75) is 26.3 Å². The zero-order valence-corrected chi connectivity index (χ0v) is 18.7. The van der Waals surface area contributed by atoms with Gasteiger partial charge in [0.2, 0.25) is 5.91 Å². The fourth-order valence-corrected chi connectivity index (χ4v) is 3.98. The van der Waals surface area contributed by atoms with Crippen molar-refractivity contribution in [2.75, 3.05) is 31.6 Å². The van der Waals surface area contributed by atoms with Crippen molar-refractivity contribution < 1.29 is 19.1 Å². The quantitative estimate of drug-likeness (QED) is 0.732. The van der Waals surface area contributed by atoms with Gasteiger partial charge in [0.15, 0.2) is 0 Å². The summed E-state index contributed by atoms with van der Waals surface area (Å²) in [6.45, 7) is 7.29. The molecular formula is C21H24ClN3O4S. The van der Waals surface area contributed by atoms with Crippen LogP contribution < -0.4 is 10.6 Å². The fourth-order valence-electron chi connectivity index (χ4n) is 3.04. The first-order valence-corrected chi connectivity index (χ1v) is 10.7. The molecule has 160 valence electrons. The smallest absolute Gasteiger partial charge is 0.262 e. The Balaban J connectivity index is 1.66. The molecule has 2 heterocycles. The van der Waals surface area contributed by atoms with E-state index >= 15 is 0 Å². The molecule has 0 unspecified atom stereocenters. The molecule has 2 N–H and O–H groups in total.